The van der Waals surface area contributed by atoms with E-state index < -0.39 is 11.2 Å². The van der Waals surface area contributed by atoms with Crippen LogP contribution in [0.1, 0.15) is 42.7 Å². The molecule has 0 aliphatic carbocycles. The first kappa shape index (κ1) is 17.3. The van der Waals surface area contributed by atoms with E-state index in [2.05, 4.69) is 15.3 Å². The highest BCUT2D eigenvalue weighted by molar-refractivity contribution is 6.05. The molecule has 1 amide bonds. The highest BCUT2D eigenvalue weighted by Gasteiger charge is 2.24. The summed E-state index contributed by atoms with van der Waals surface area (Å²) in [7, 11) is 0. The van der Waals surface area contributed by atoms with Gasteiger partial charge in [-0.3, -0.25) is 19.1 Å². The molecule has 1 fully saturated rings. The third-order valence-corrected chi connectivity index (χ3v) is 4.51. The average molecular weight is 345 g/mol. The SMILES string of the molecule is CCn1c(=O)[nH]c(=O)c2c(C(=O)N3CCNCC3)cc(C(C)C)nc21. The summed E-state index contributed by atoms with van der Waals surface area (Å²) in [6, 6.07) is 1.69. The van der Waals surface area contributed by atoms with Gasteiger partial charge in [-0.15, -0.1) is 0 Å². The van der Waals surface area contributed by atoms with Gasteiger partial charge in [0.05, 0.1) is 10.9 Å². The molecule has 0 saturated carbocycles. The predicted octanol–water partition coefficient (Wildman–Crippen LogP) is 0.274. The van der Waals surface area contributed by atoms with Crippen LogP contribution in [0, 0.1) is 0 Å². The molecule has 0 aromatic carbocycles. The number of fused-ring (bicyclic) bond motifs is 1. The van der Waals surface area contributed by atoms with Gasteiger partial charge in [0.1, 0.15) is 0 Å². The molecule has 25 heavy (non-hydrogen) atoms. The van der Waals surface area contributed by atoms with E-state index in [4.69, 9.17) is 0 Å². The normalized spacial score (nSPS) is 15.1. The lowest BCUT2D eigenvalue weighted by atomic mass is 10.0. The Morgan fingerprint density at radius 1 is 1.28 bits per heavy atom. The predicted molar refractivity (Wildman–Crippen MR) is 95.2 cm³/mol. The summed E-state index contributed by atoms with van der Waals surface area (Å²) in [5.41, 5.74) is 0.220. The van der Waals surface area contributed by atoms with Crippen molar-refractivity contribution in [2.75, 3.05) is 26.2 Å². The van der Waals surface area contributed by atoms with Crippen molar-refractivity contribution in [1.29, 1.82) is 0 Å². The minimum atomic E-state index is -0.564. The maximum atomic E-state index is 13.1. The molecule has 134 valence electrons. The van der Waals surface area contributed by atoms with Gasteiger partial charge in [0.25, 0.3) is 11.5 Å². The fourth-order valence-corrected chi connectivity index (χ4v) is 3.09. The van der Waals surface area contributed by atoms with Crippen molar-refractivity contribution < 1.29 is 4.79 Å². The summed E-state index contributed by atoms with van der Waals surface area (Å²) in [6.07, 6.45) is 0. The third kappa shape index (κ3) is 3.09. The van der Waals surface area contributed by atoms with E-state index >= 15 is 0 Å². The summed E-state index contributed by atoms with van der Waals surface area (Å²) >= 11 is 0. The molecule has 2 aromatic rings. The standard InChI is InChI=1S/C17H23N5O3/c1-4-22-14-13(15(23)20-17(22)25)11(9-12(19-14)10(2)3)16(24)21-7-5-18-6-8-21/h9-10,18H,4-8H2,1-3H3,(H,20,23,25). The molecule has 2 aromatic heterocycles. The van der Waals surface area contributed by atoms with Crippen molar-refractivity contribution in [3.05, 3.63) is 38.2 Å². The number of nitrogens with zero attached hydrogens (tertiary/aromatic N) is 3. The number of aryl methyl sites for hydroxylation is 1. The Balaban J connectivity index is 2.31. The quantitative estimate of drug-likeness (QED) is 0.832. The van der Waals surface area contributed by atoms with Crippen LogP contribution in [0.5, 0.6) is 0 Å². The number of rotatable bonds is 3. The largest absolute Gasteiger partial charge is 0.336 e. The first-order valence-electron chi connectivity index (χ1n) is 8.61. The topological polar surface area (TPSA) is 100 Å². The zero-order valence-electron chi connectivity index (χ0n) is 14.8. The maximum absolute atomic E-state index is 13.1. The zero-order valence-corrected chi connectivity index (χ0v) is 14.8. The van der Waals surface area contributed by atoms with E-state index in [1.807, 2.05) is 13.8 Å². The summed E-state index contributed by atoms with van der Waals surface area (Å²) in [4.78, 5) is 46.2. The number of hydrogen-bond acceptors (Lipinski definition) is 5. The highest BCUT2D eigenvalue weighted by atomic mass is 16.2. The molecular weight excluding hydrogens is 322 g/mol. The second-order valence-corrected chi connectivity index (χ2v) is 6.49. The monoisotopic (exact) mass is 345 g/mol. The van der Waals surface area contributed by atoms with Gasteiger partial charge >= 0.3 is 5.69 Å². The van der Waals surface area contributed by atoms with Crippen LogP contribution in [0.25, 0.3) is 11.0 Å². The van der Waals surface area contributed by atoms with E-state index in [1.54, 1.807) is 17.9 Å². The van der Waals surface area contributed by atoms with Crippen LogP contribution in [0.2, 0.25) is 0 Å². The minimum absolute atomic E-state index is 0.0682. The number of piperazine rings is 1. The van der Waals surface area contributed by atoms with E-state index in [0.29, 0.717) is 30.9 Å². The Morgan fingerprint density at radius 3 is 2.56 bits per heavy atom. The maximum Gasteiger partial charge on any atom is 0.329 e. The number of carbonyl (C=O) groups excluding carboxylic acids is 1. The van der Waals surface area contributed by atoms with Crippen LogP contribution in [0.3, 0.4) is 0 Å². The summed E-state index contributed by atoms with van der Waals surface area (Å²) in [5, 5.41) is 3.39. The van der Waals surface area contributed by atoms with Crippen LogP contribution < -0.4 is 16.6 Å². The van der Waals surface area contributed by atoms with E-state index in [1.165, 1.54) is 4.57 Å². The van der Waals surface area contributed by atoms with Crippen LogP contribution in [0.15, 0.2) is 15.7 Å². The summed E-state index contributed by atoms with van der Waals surface area (Å²) in [6.45, 7) is 8.73. The lowest BCUT2D eigenvalue weighted by Crippen LogP contribution is -2.46. The van der Waals surface area contributed by atoms with E-state index in [0.717, 1.165) is 13.1 Å². The molecule has 1 saturated heterocycles. The van der Waals surface area contributed by atoms with Gasteiger partial charge in [-0.25, -0.2) is 9.78 Å². The molecule has 3 heterocycles. The van der Waals surface area contributed by atoms with Gasteiger partial charge < -0.3 is 10.2 Å². The number of amides is 1. The number of aromatic amines is 1. The van der Waals surface area contributed by atoms with Gasteiger partial charge in [0.2, 0.25) is 0 Å². The van der Waals surface area contributed by atoms with E-state index in [9.17, 15) is 14.4 Å². The first-order valence-corrected chi connectivity index (χ1v) is 8.61. The first-order chi connectivity index (χ1) is 11.9. The number of H-pyrrole nitrogens is 1. The fourth-order valence-electron chi connectivity index (χ4n) is 3.09. The Kier molecular flexibility index (Phi) is 4.71. The number of carbonyl (C=O) groups is 1. The molecule has 1 aliphatic heterocycles. The molecule has 2 N–H and O–H groups in total. The number of nitrogens with one attached hydrogen (secondary N) is 2. The van der Waals surface area contributed by atoms with Crippen molar-refractivity contribution >= 4 is 16.9 Å². The molecule has 0 spiro atoms. The van der Waals surface area contributed by atoms with Crippen molar-refractivity contribution in [3.8, 4) is 0 Å². The van der Waals surface area contributed by atoms with Gasteiger partial charge in [-0.1, -0.05) is 13.8 Å². The minimum Gasteiger partial charge on any atom is -0.336 e. The molecule has 8 nitrogen and oxygen atoms in total. The number of aromatic nitrogens is 3. The lowest BCUT2D eigenvalue weighted by Gasteiger charge is -2.28. The van der Waals surface area contributed by atoms with Gasteiger partial charge in [-0.2, -0.15) is 0 Å². The van der Waals surface area contributed by atoms with Crippen LogP contribution >= 0.6 is 0 Å². The Morgan fingerprint density at radius 2 is 1.96 bits per heavy atom. The van der Waals surface area contributed by atoms with Gasteiger partial charge in [0.15, 0.2) is 5.65 Å². The van der Waals surface area contributed by atoms with Crippen molar-refractivity contribution in [1.82, 2.24) is 24.8 Å². The molecule has 0 unspecified atom stereocenters. The molecule has 3 rings (SSSR count). The number of hydrogen-bond donors (Lipinski definition) is 2. The molecule has 0 bridgehead atoms. The average Bonchev–Trinajstić information content (AvgIpc) is 2.61. The second kappa shape index (κ2) is 6.79. The summed E-state index contributed by atoms with van der Waals surface area (Å²) < 4.78 is 1.40. The van der Waals surface area contributed by atoms with Crippen molar-refractivity contribution in [2.24, 2.45) is 0 Å². The smallest absolute Gasteiger partial charge is 0.329 e. The van der Waals surface area contributed by atoms with Crippen molar-refractivity contribution in [2.45, 2.75) is 33.2 Å². The highest BCUT2D eigenvalue weighted by Crippen LogP contribution is 2.21. The third-order valence-electron chi connectivity index (χ3n) is 4.51. The second-order valence-electron chi connectivity index (χ2n) is 6.49. The van der Waals surface area contributed by atoms with Crippen LogP contribution in [-0.2, 0) is 6.54 Å². The molecule has 8 heteroatoms. The Bertz CT molecular complexity index is 922. The van der Waals surface area contributed by atoms with Crippen LogP contribution in [-0.4, -0.2) is 51.5 Å². The molecule has 0 atom stereocenters. The van der Waals surface area contributed by atoms with Crippen LogP contribution in [0.4, 0.5) is 0 Å². The van der Waals surface area contributed by atoms with Gasteiger partial charge in [-0.05, 0) is 18.9 Å². The molecular formula is C17H23N5O3. The van der Waals surface area contributed by atoms with Gasteiger partial charge in [0, 0.05) is 38.4 Å². The lowest BCUT2D eigenvalue weighted by molar-refractivity contribution is 0.0737. The molecule has 1 aliphatic rings. The summed E-state index contributed by atoms with van der Waals surface area (Å²) in [5.74, 6) is -0.124. The molecule has 0 radical (unpaired) electrons. The number of pyridine rings is 1. The van der Waals surface area contributed by atoms with Crippen molar-refractivity contribution in [3.63, 3.8) is 0 Å². The zero-order chi connectivity index (χ0) is 18.1. The Labute approximate surface area is 144 Å². The fraction of sp³-hybridized carbons (Fsp3) is 0.529. The Hall–Kier alpha value is -2.48. The van der Waals surface area contributed by atoms with E-state index in [-0.39, 0.29) is 22.9 Å².